The molecule has 0 spiro atoms. The van der Waals surface area contributed by atoms with Crippen molar-refractivity contribution in [3.63, 3.8) is 0 Å². The minimum absolute atomic E-state index is 0.156. The Morgan fingerprint density at radius 3 is 2.50 bits per heavy atom. The molecule has 2 aromatic rings. The number of anilines is 3. The van der Waals surface area contributed by atoms with Crippen molar-refractivity contribution in [3.05, 3.63) is 36.0 Å². The number of aromatic nitrogens is 2. The first-order valence-corrected chi connectivity index (χ1v) is 8.27. The summed E-state index contributed by atoms with van der Waals surface area (Å²) in [6.45, 7) is 4.00. The average molecular weight is 357 g/mol. The number of carbonyl (C=O) groups is 2. The van der Waals surface area contributed by atoms with E-state index in [0.717, 1.165) is 6.42 Å². The third-order valence-corrected chi connectivity index (χ3v) is 3.44. The monoisotopic (exact) mass is 357 g/mol. The lowest BCUT2D eigenvalue weighted by Crippen LogP contribution is -2.21. The fourth-order valence-electron chi connectivity index (χ4n) is 2.21. The number of methoxy groups -OCH3 is 1. The number of benzene rings is 1. The standard InChI is InChI=1S/C18H23N5O3/c1-12-11-16(19-10-4-5-13(2)24)22-17(20-12)23-18(25)21-14-6-8-15(26-3)9-7-14/h6-9,11H,4-5,10H2,1-3H3,(H3,19,20,21,22,23,25). The number of Topliss-reactive ketones (excluding diaryl/α,β-unsaturated/α-hetero) is 1. The van der Waals surface area contributed by atoms with Crippen molar-refractivity contribution in [2.45, 2.75) is 26.7 Å². The normalized spacial score (nSPS) is 10.1. The lowest BCUT2D eigenvalue weighted by Gasteiger charge is -2.10. The van der Waals surface area contributed by atoms with Gasteiger partial charge in [0.05, 0.1) is 7.11 Å². The number of hydrogen-bond acceptors (Lipinski definition) is 6. The number of ketones is 1. The Kier molecular flexibility index (Phi) is 6.90. The van der Waals surface area contributed by atoms with Gasteiger partial charge in [0.25, 0.3) is 0 Å². The molecule has 0 radical (unpaired) electrons. The highest BCUT2D eigenvalue weighted by atomic mass is 16.5. The van der Waals surface area contributed by atoms with Gasteiger partial charge in [-0.3, -0.25) is 5.32 Å². The summed E-state index contributed by atoms with van der Waals surface area (Å²) in [5.74, 6) is 1.66. The van der Waals surface area contributed by atoms with Gasteiger partial charge in [-0.2, -0.15) is 4.98 Å². The van der Waals surface area contributed by atoms with E-state index < -0.39 is 6.03 Å². The molecule has 8 heteroatoms. The van der Waals surface area contributed by atoms with Crippen LogP contribution in [0.2, 0.25) is 0 Å². The lowest BCUT2D eigenvalue weighted by atomic mass is 10.2. The molecular formula is C18H23N5O3. The highest BCUT2D eigenvalue weighted by Gasteiger charge is 2.07. The molecular weight excluding hydrogens is 334 g/mol. The Bertz CT molecular complexity index is 762. The number of carbonyl (C=O) groups excluding carboxylic acids is 2. The van der Waals surface area contributed by atoms with E-state index in [1.165, 1.54) is 0 Å². The van der Waals surface area contributed by atoms with E-state index in [1.807, 2.05) is 6.92 Å². The number of nitrogens with zero attached hydrogens (tertiary/aromatic N) is 2. The number of hydrogen-bond donors (Lipinski definition) is 3. The van der Waals surface area contributed by atoms with Crippen molar-refractivity contribution < 1.29 is 14.3 Å². The van der Waals surface area contributed by atoms with E-state index in [2.05, 4.69) is 25.9 Å². The summed E-state index contributed by atoms with van der Waals surface area (Å²) in [7, 11) is 1.58. The second-order valence-electron chi connectivity index (χ2n) is 5.76. The van der Waals surface area contributed by atoms with E-state index in [9.17, 15) is 9.59 Å². The molecule has 1 aromatic carbocycles. The zero-order valence-corrected chi connectivity index (χ0v) is 15.1. The van der Waals surface area contributed by atoms with Crippen LogP contribution < -0.4 is 20.7 Å². The Hall–Kier alpha value is -3.16. The van der Waals surface area contributed by atoms with Crippen LogP contribution in [0.25, 0.3) is 0 Å². The van der Waals surface area contributed by atoms with Crippen LogP contribution in [0.5, 0.6) is 5.75 Å². The first-order valence-electron chi connectivity index (χ1n) is 8.27. The quantitative estimate of drug-likeness (QED) is 0.627. The molecule has 2 amide bonds. The zero-order chi connectivity index (χ0) is 18.9. The fraction of sp³-hybridized carbons (Fsp3) is 0.333. The van der Waals surface area contributed by atoms with Crippen molar-refractivity contribution in [1.29, 1.82) is 0 Å². The maximum Gasteiger partial charge on any atom is 0.326 e. The number of amides is 2. The van der Waals surface area contributed by atoms with Gasteiger partial charge in [0.1, 0.15) is 17.4 Å². The van der Waals surface area contributed by atoms with Crippen molar-refractivity contribution >= 4 is 29.3 Å². The summed E-state index contributed by atoms with van der Waals surface area (Å²) in [5.41, 5.74) is 1.34. The van der Waals surface area contributed by atoms with Crippen LogP contribution in [0.1, 0.15) is 25.5 Å². The van der Waals surface area contributed by atoms with Gasteiger partial charge in [0.15, 0.2) is 0 Å². The second-order valence-corrected chi connectivity index (χ2v) is 5.76. The molecule has 1 heterocycles. The van der Waals surface area contributed by atoms with E-state index in [1.54, 1.807) is 44.4 Å². The van der Waals surface area contributed by atoms with E-state index in [-0.39, 0.29) is 11.7 Å². The Balaban J connectivity index is 1.92. The number of aryl methyl sites for hydroxylation is 1. The van der Waals surface area contributed by atoms with Gasteiger partial charge in [-0.25, -0.2) is 9.78 Å². The summed E-state index contributed by atoms with van der Waals surface area (Å²) in [5, 5.41) is 8.44. The summed E-state index contributed by atoms with van der Waals surface area (Å²) in [6.07, 6.45) is 1.24. The van der Waals surface area contributed by atoms with E-state index in [0.29, 0.717) is 35.9 Å². The molecule has 26 heavy (non-hydrogen) atoms. The van der Waals surface area contributed by atoms with Crippen molar-refractivity contribution in [1.82, 2.24) is 9.97 Å². The molecule has 8 nitrogen and oxygen atoms in total. The minimum Gasteiger partial charge on any atom is -0.497 e. The smallest absolute Gasteiger partial charge is 0.326 e. The lowest BCUT2D eigenvalue weighted by molar-refractivity contribution is -0.117. The molecule has 2 rings (SSSR count). The Morgan fingerprint density at radius 1 is 1.12 bits per heavy atom. The molecule has 0 saturated carbocycles. The average Bonchev–Trinajstić information content (AvgIpc) is 2.58. The van der Waals surface area contributed by atoms with Gasteiger partial charge in [-0.15, -0.1) is 0 Å². The zero-order valence-electron chi connectivity index (χ0n) is 15.1. The number of rotatable bonds is 8. The summed E-state index contributed by atoms with van der Waals surface area (Å²) in [4.78, 5) is 31.5. The van der Waals surface area contributed by atoms with Crippen LogP contribution in [0.15, 0.2) is 30.3 Å². The van der Waals surface area contributed by atoms with Gasteiger partial charge >= 0.3 is 6.03 Å². The van der Waals surface area contributed by atoms with Crippen LogP contribution in [-0.4, -0.2) is 35.4 Å². The van der Waals surface area contributed by atoms with Gasteiger partial charge in [-0.05, 0) is 44.5 Å². The summed E-state index contributed by atoms with van der Waals surface area (Å²) < 4.78 is 5.08. The number of urea groups is 1. The highest BCUT2D eigenvalue weighted by Crippen LogP contribution is 2.15. The summed E-state index contributed by atoms with van der Waals surface area (Å²) in [6, 6.07) is 8.31. The second kappa shape index (κ2) is 9.36. The van der Waals surface area contributed by atoms with Gasteiger partial charge in [-0.1, -0.05) is 0 Å². The maximum absolute atomic E-state index is 12.1. The maximum atomic E-state index is 12.1. The largest absolute Gasteiger partial charge is 0.497 e. The molecule has 0 unspecified atom stereocenters. The topological polar surface area (TPSA) is 105 Å². The Labute approximate surface area is 152 Å². The third kappa shape index (κ3) is 6.39. The minimum atomic E-state index is -0.441. The molecule has 0 atom stereocenters. The Morgan fingerprint density at radius 2 is 1.85 bits per heavy atom. The van der Waals surface area contributed by atoms with Crippen LogP contribution in [0, 0.1) is 6.92 Å². The van der Waals surface area contributed by atoms with Crippen LogP contribution in [0.4, 0.5) is 22.2 Å². The van der Waals surface area contributed by atoms with Crippen molar-refractivity contribution in [2.75, 3.05) is 29.6 Å². The van der Waals surface area contributed by atoms with E-state index in [4.69, 9.17) is 4.74 Å². The highest BCUT2D eigenvalue weighted by molar-refractivity contribution is 5.98. The number of nitrogens with one attached hydrogen (secondary N) is 3. The van der Waals surface area contributed by atoms with Gasteiger partial charge in [0.2, 0.25) is 5.95 Å². The summed E-state index contributed by atoms with van der Waals surface area (Å²) >= 11 is 0. The molecule has 1 aromatic heterocycles. The molecule has 0 aliphatic heterocycles. The van der Waals surface area contributed by atoms with Gasteiger partial charge < -0.3 is 20.2 Å². The predicted octanol–water partition coefficient (Wildman–Crippen LogP) is 3.22. The fourth-order valence-corrected chi connectivity index (χ4v) is 2.21. The number of ether oxygens (including phenoxy) is 1. The van der Waals surface area contributed by atoms with Gasteiger partial charge in [0, 0.05) is 30.4 Å². The molecule has 138 valence electrons. The third-order valence-electron chi connectivity index (χ3n) is 3.44. The molecule has 0 aliphatic rings. The predicted molar refractivity (Wildman–Crippen MR) is 101 cm³/mol. The first kappa shape index (κ1) is 19.2. The van der Waals surface area contributed by atoms with Crippen LogP contribution in [-0.2, 0) is 4.79 Å². The van der Waals surface area contributed by atoms with Crippen molar-refractivity contribution in [3.8, 4) is 5.75 Å². The SMILES string of the molecule is COc1ccc(NC(=O)Nc2nc(C)cc(NCCCC(C)=O)n2)cc1. The van der Waals surface area contributed by atoms with Crippen LogP contribution >= 0.6 is 0 Å². The molecule has 0 fully saturated rings. The molecule has 3 N–H and O–H groups in total. The van der Waals surface area contributed by atoms with Crippen molar-refractivity contribution in [2.24, 2.45) is 0 Å². The molecule has 0 saturated heterocycles. The molecule has 0 aliphatic carbocycles. The van der Waals surface area contributed by atoms with E-state index >= 15 is 0 Å². The first-order chi connectivity index (χ1) is 12.5. The molecule has 0 bridgehead atoms. The van der Waals surface area contributed by atoms with Crippen LogP contribution in [0.3, 0.4) is 0 Å².